The third-order valence-corrected chi connectivity index (χ3v) is 4.55. The van der Waals surface area contributed by atoms with E-state index in [0.717, 1.165) is 4.70 Å². The number of thiazole rings is 1. The van der Waals surface area contributed by atoms with Crippen molar-refractivity contribution in [2.24, 2.45) is 4.99 Å². The van der Waals surface area contributed by atoms with Crippen molar-refractivity contribution in [3.8, 4) is 5.75 Å². The van der Waals surface area contributed by atoms with Gasteiger partial charge in [-0.2, -0.15) is 4.99 Å². The van der Waals surface area contributed by atoms with Gasteiger partial charge >= 0.3 is 0 Å². The van der Waals surface area contributed by atoms with E-state index in [0.29, 0.717) is 28.2 Å². The van der Waals surface area contributed by atoms with Crippen LogP contribution < -0.4 is 9.54 Å². The average Bonchev–Trinajstić information content (AvgIpc) is 2.93. The Balaban J connectivity index is 2.18. The Hall–Kier alpha value is -2.47. The lowest BCUT2D eigenvalue weighted by Crippen LogP contribution is -2.16. The van der Waals surface area contributed by atoms with Gasteiger partial charge in [0.2, 0.25) is 0 Å². The lowest BCUT2D eigenvalue weighted by atomic mass is 10.2. The summed E-state index contributed by atoms with van der Waals surface area (Å²) in [5.41, 5.74) is 0.863. The molecular weight excluding hydrogens is 315 g/mol. The molecule has 1 amide bonds. The highest BCUT2D eigenvalue weighted by Gasteiger charge is 2.13. The summed E-state index contributed by atoms with van der Waals surface area (Å²) in [6.45, 7) is 2.42. The molecule has 0 fully saturated rings. The first-order chi connectivity index (χ1) is 11.2. The molecule has 0 atom stereocenters. The van der Waals surface area contributed by atoms with E-state index in [1.54, 1.807) is 34.9 Å². The standard InChI is InChI=1S/C17H15FN2O2S/c1-3-20-15-12(18)8-6-10-14(15)23-17(20)19-16(21)11-7-4-5-9-13(11)22-2/h4-10H,3H2,1-2H3. The fraction of sp³-hybridized carbons (Fsp3) is 0.176. The van der Waals surface area contributed by atoms with Crippen LogP contribution in [-0.4, -0.2) is 17.6 Å². The normalized spacial score (nSPS) is 11.9. The predicted molar refractivity (Wildman–Crippen MR) is 88.3 cm³/mol. The maximum Gasteiger partial charge on any atom is 0.283 e. The number of ether oxygens (including phenoxy) is 1. The summed E-state index contributed by atoms with van der Waals surface area (Å²) >= 11 is 1.29. The third-order valence-electron chi connectivity index (χ3n) is 3.50. The van der Waals surface area contributed by atoms with Gasteiger partial charge in [0.15, 0.2) is 4.80 Å². The number of aromatic nitrogens is 1. The van der Waals surface area contributed by atoms with Crippen LogP contribution in [-0.2, 0) is 6.54 Å². The molecule has 2 aromatic carbocycles. The maximum absolute atomic E-state index is 14.1. The number of amides is 1. The van der Waals surface area contributed by atoms with Crippen LogP contribution in [0.2, 0.25) is 0 Å². The molecule has 23 heavy (non-hydrogen) atoms. The molecule has 3 rings (SSSR count). The second-order valence-electron chi connectivity index (χ2n) is 4.83. The van der Waals surface area contributed by atoms with E-state index in [1.165, 1.54) is 24.5 Å². The van der Waals surface area contributed by atoms with Crippen LogP contribution in [0.1, 0.15) is 17.3 Å². The molecule has 3 aromatic rings. The van der Waals surface area contributed by atoms with E-state index < -0.39 is 5.91 Å². The van der Waals surface area contributed by atoms with Gasteiger partial charge in [0, 0.05) is 6.54 Å². The average molecular weight is 330 g/mol. The number of carbonyl (C=O) groups excluding carboxylic acids is 1. The number of aryl methyl sites for hydroxylation is 1. The molecule has 6 heteroatoms. The maximum atomic E-state index is 14.1. The molecule has 0 aliphatic rings. The van der Waals surface area contributed by atoms with Gasteiger partial charge in [0.05, 0.1) is 22.9 Å². The van der Waals surface area contributed by atoms with Crippen molar-refractivity contribution >= 4 is 27.5 Å². The van der Waals surface area contributed by atoms with Crippen molar-refractivity contribution < 1.29 is 13.9 Å². The quantitative estimate of drug-likeness (QED) is 0.736. The molecule has 0 bridgehead atoms. The van der Waals surface area contributed by atoms with Gasteiger partial charge in [0.1, 0.15) is 11.6 Å². The number of nitrogens with zero attached hydrogens (tertiary/aromatic N) is 2. The molecule has 1 aromatic heterocycles. The number of para-hydroxylation sites is 2. The monoisotopic (exact) mass is 330 g/mol. The molecule has 118 valence electrons. The molecule has 0 saturated heterocycles. The first kappa shape index (κ1) is 15.4. The Morgan fingerprint density at radius 2 is 2.04 bits per heavy atom. The molecule has 0 aliphatic heterocycles. The Kier molecular flexibility index (Phi) is 4.25. The molecule has 0 radical (unpaired) electrons. The number of hydrogen-bond acceptors (Lipinski definition) is 3. The molecule has 0 unspecified atom stereocenters. The Morgan fingerprint density at radius 1 is 1.26 bits per heavy atom. The van der Waals surface area contributed by atoms with Crippen LogP contribution >= 0.6 is 11.3 Å². The third kappa shape index (κ3) is 2.77. The summed E-state index contributed by atoms with van der Waals surface area (Å²) in [7, 11) is 1.51. The van der Waals surface area contributed by atoms with Crippen LogP contribution in [0.4, 0.5) is 4.39 Å². The lowest BCUT2D eigenvalue weighted by Gasteiger charge is -2.04. The van der Waals surface area contributed by atoms with Crippen molar-refractivity contribution in [2.75, 3.05) is 7.11 Å². The van der Waals surface area contributed by atoms with Gasteiger partial charge in [-0.05, 0) is 31.2 Å². The lowest BCUT2D eigenvalue weighted by molar-refractivity contribution is 0.0995. The molecule has 0 aliphatic carbocycles. The van der Waals surface area contributed by atoms with Crippen LogP contribution in [0, 0.1) is 5.82 Å². The highest BCUT2D eigenvalue weighted by atomic mass is 32.1. The van der Waals surface area contributed by atoms with Crippen molar-refractivity contribution in [1.82, 2.24) is 4.57 Å². The number of benzene rings is 2. The summed E-state index contributed by atoms with van der Waals surface area (Å²) in [4.78, 5) is 17.1. The Morgan fingerprint density at radius 3 is 2.78 bits per heavy atom. The number of halogens is 1. The van der Waals surface area contributed by atoms with Crippen LogP contribution in [0.5, 0.6) is 5.75 Å². The molecule has 0 saturated carbocycles. The first-order valence-electron chi connectivity index (χ1n) is 7.15. The van der Waals surface area contributed by atoms with Gasteiger partial charge in [-0.3, -0.25) is 4.79 Å². The van der Waals surface area contributed by atoms with E-state index in [4.69, 9.17) is 4.74 Å². The van der Waals surface area contributed by atoms with E-state index in [2.05, 4.69) is 4.99 Å². The predicted octanol–water partition coefficient (Wildman–Crippen LogP) is 3.61. The van der Waals surface area contributed by atoms with E-state index in [-0.39, 0.29) is 5.82 Å². The minimum Gasteiger partial charge on any atom is -0.496 e. The summed E-state index contributed by atoms with van der Waals surface area (Å²) in [5.74, 6) is -0.250. The second kappa shape index (κ2) is 6.34. The minimum atomic E-state index is -0.406. The topological polar surface area (TPSA) is 43.6 Å². The summed E-state index contributed by atoms with van der Waals surface area (Å²) in [6, 6.07) is 11.8. The smallest absolute Gasteiger partial charge is 0.283 e. The van der Waals surface area contributed by atoms with Crippen LogP contribution in [0.15, 0.2) is 47.5 Å². The number of hydrogen-bond donors (Lipinski definition) is 0. The molecule has 4 nitrogen and oxygen atoms in total. The fourth-order valence-electron chi connectivity index (χ4n) is 2.43. The number of carbonyl (C=O) groups is 1. The summed E-state index contributed by atoms with van der Waals surface area (Å²) < 4.78 is 21.7. The zero-order chi connectivity index (χ0) is 16.4. The molecule has 0 N–H and O–H groups in total. The summed E-state index contributed by atoms with van der Waals surface area (Å²) in [5, 5.41) is 0. The number of rotatable bonds is 3. The van der Waals surface area contributed by atoms with Crippen molar-refractivity contribution in [1.29, 1.82) is 0 Å². The minimum absolute atomic E-state index is 0.313. The highest BCUT2D eigenvalue weighted by Crippen LogP contribution is 2.21. The van der Waals surface area contributed by atoms with Crippen molar-refractivity contribution in [2.45, 2.75) is 13.5 Å². The summed E-state index contributed by atoms with van der Waals surface area (Å²) in [6.07, 6.45) is 0. The fourth-order valence-corrected chi connectivity index (χ4v) is 3.54. The zero-order valence-corrected chi connectivity index (χ0v) is 13.6. The number of fused-ring (bicyclic) bond motifs is 1. The number of methoxy groups -OCH3 is 1. The molecule has 0 spiro atoms. The van der Waals surface area contributed by atoms with Gasteiger partial charge in [0.25, 0.3) is 5.91 Å². The van der Waals surface area contributed by atoms with Crippen LogP contribution in [0.3, 0.4) is 0 Å². The first-order valence-corrected chi connectivity index (χ1v) is 7.97. The van der Waals surface area contributed by atoms with E-state index in [9.17, 15) is 9.18 Å². The van der Waals surface area contributed by atoms with E-state index >= 15 is 0 Å². The van der Waals surface area contributed by atoms with Gasteiger partial charge in [-0.25, -0.2) is 4.39 Å². The molecular formula is C17H15FN2O2S. The van der Waals surface area contributed by atoms with E-state index in [1.807, 2.05) is 13.0 Å². The van der Waals surface area contributed by atoms with Gasteiger partial charge in [-0.1, -0.05) is 29.5 Å². The highest BCUT2D eigenvalue weighted by molar-refractivity contribution is 7.16. The Labute approximate surface area is 136 Å². The SMILES string of the molecule is CCn1c(=NC(=O)c2ccccc2OC)sc2cccc(F)c21. The molecule has 1 heterocycles. The zero-order valence-electron chi connectivity index (χ0n) is 12.7. The van der Waals surface area contributed by atoms with Crippen molar-refractivity contribution in [3.05, 3.63) is 58.6 Å². The Bertz CT molecular complexity index is 943. The van der Waals surface area contributed by atoms with Gasteiger partial charge in [-0.15, -0.1) is 0 Å². The van der Waals surface area contributed by atoms with Gasteiger partial charge < -0.3 is 9.30 Å². The largest absolute Gasteiger partial charge is 0.496 e. The van der Waals surface area contributed by atoms with Crippen molar-refractivity contribution in [3.63, 3.8) is 0 Å². The second-order valence-corrected chi connectivity index (χ2v) is 5.84. The van der Waals surface area contributed by atoms with Crippen LogP contribution in [0.25, 0.3) is 10.2 Å².